The van der Waals surface area contributed by atoms with E-state index in [-0.39, 0.29) is 23.4 Å². The summed E-state index contributed by atoms with van der Waals surface area (Å²) in [6, 6.07) is 13.2. The summed E-state index contributed by atoms with van der Waals surface area (Å²) in [5, 5.41) is 18.6. The van der Waals surface area contributed by atoms with Gasteiger partial charge in [0.15, 0.2) is 5.69 Å². The number of rotatable bonds is 4. The molecule has 2 aromatic heterocycles. The second kappa shape index (κ2) is 6.96. The molecule has 0 fully saturated rings. The van der Waals surface area contributed by atoms with E-state index in [1.807, 2.05) is 47.0 Å². The average Bonchev–Trinajstić information content (AvgIpc) is 3.20. The third kappa shape index (κ3) is 3.35. The zero-order valence-corrected chi connectivity index (χ0v) is 16.0. The number of hydrogen-bond acceptors (Lipinski definition) is 4. The first kappa shape index (κ1) is 17.4. The van der Waals surface area contributed by atoms with Crippen LogP contribution in [0.5, 0.6) is 5.88 Å². The van der Waals surface area contributed by atoms with Crippen molar-refractivity contribution in [1.29, 1.82) is 0 Å². The molecule has 0 saturated carbocycles. The van der Waals surface area contributed by atoms with E-state index in [4.69, 9.17) is 0 Å². The second-order valence-electron chi connectivity index (χ2n) is 6.34. The monoisotopic (exact) mass is 425 g/mol. The minimum atomic E-state index is -0.384. The summed E-state index contributed by atoms with van der Waals surface area (Å²) in [5.74, 6) is -0.866. The maximum absolute atomic E-state index is 12.4. The molecule has 4 rings (SSSR count). The highest BCUT2D eigenvalue weighted by Gasteiger charge is 2.16. The lowest BCUT2D eigenvalue weighted by atomic mass is 10.1. The molecule has 7 nitrogen and oxygen atoms in total. The Morgan fingerprint density at radius 1 is 1.33 bits per heavy atom. The number of azo groups is 1. The van der Waals surface area contributed by atoms with Gasteiger partial charge in [0, 0.05) is 16.4 Å². The quantitative estimate of drug-likeness (QED) is 0.453. The van der Waals surface area contributed by atoms with E-state index in [1.165, 1.54) is 0 Å². The van der Waals surface area contributed by atoms with Crippen LogP contribution in [0.15, 0.2) is 63.5 Å². The summed E-state index contributed by atoms with van der Waals surface area (Å²) >= 11 is 3.39. The number of carbonyl (C=O) groups excluding carboxylic acids is 1. The number of amides is 1. The molecule has 0 aliphatic heterocycles. The van der Waals surface area contributed by atoms with Crippen molar-refractivity contribution >= 4 is 49.5 Å². The van der Waals surface area contributed by atoms with Crippen molar-refractivity contribution in [3.05, 3.63) is 53.3 Å². The molecule has 2 aromatic carbocycles. The fourth-order valence-electron chi connectivity index (χ4n) is 2.96. The third-order valence-electron chi connectivity index (χ3n) is 4.38. The molecule has 1 atom stereocenters. The summed E-state index contributed by atoms with van der Waals surface area (Å²) < 4.78 is 2.77. The zero-order valence-electron chi connectivity index (χ0n) is 14.4. The Morgan fingerprint density at radius 3 is 3.00 bits per heavy atom. The summed E-state index contributed by atoms with van der Waals surface area (Å²) in [6.45, 7) is 2.24. The van der Waals surface area contributed by atoms with Crippen molar-refractivity contribution < 1.29 is 9.90 Å². The number of halogens is 1. The predicted molar refractivity (Wildman–Crippen MR) is 106 cm³/mol. The molecule has 0 bridgehead atoms. The summed E-state index contributed by atoms with van der Waals surface area (Å²) in [5.41, 5.74) is 2.82. The summed E-state index contributed by atoms with van der Waals surface area (Å²) in [4.78, 5) is 19.6. The highest BCUT2D eigenvalue weighted by molar-refractivity contribution is 9.10. The maximum atomic E-state index is 12.4. The lowest BCUT2D eigenvalue weighted by molar-refractivity contribution is -0.121. The smallest absolute Gasteiger partial charge is 0.269 e. The molecular weight excluding hydrogens is 410 g/mol. The van der Waals surface area contributed by atoms with E-state index in [9.17, 15) is 9.90 Å². The fraction of sp³-hybridized carbons (Fsp3) is 0.158. The average molecular weight is 426 g/mol. The number of aromatic hydroxyl groups is 1. The molecule has 0 unspecified atom stereocenters. The SMILES string of the molecule is C[C@@H](Cn1cnc2ccccc21)C(=O)N=Nc1c(O)[nH]c2ccc(Br)cc12. The van der Waals surface area contributed by atoms with E-state index >= 15 is 0 Å². The van der Waals surface area contributed by atoms with Crippen LogP contribution in [0.2, 0.25) is 0 Å². The summed E-state index contributed by atoms with van der Waals surface area (Å²) in [7, 11) is 0. The first-order chi connectivity index (χ1) is 13.0. The first-order valence-corrected chi connectivity index (χ1v) is 9.18. The number of H-pyrrole nitrogens is 1. The van der Waals surface area contributed by atoms with E-state index in [1.54, 1.807) is 13.3 Å². The Balaban J connectivity index is 1.55. The molecule has 0 spiro atoms. The van der Waals surface area contributed by atoms with Gasteiger partial charge in [0.1, 0.15) is 0 Å². The van der Waals surface area contributed by atoms with Crippen LogP contribution in [0.1, 0.15) is 6.92 Å². The van der Waals surface area contributed by atoms with Gasteiger partial charge in [0.05, 0.1) is 28.8 Å². The Hall–Kier alpha value is -3.00. The van der Waals surface area contributed by atoms with Crippen LogP contribution >= 0.6 is 15.9 Å². The van der Waals surface area contributed by atoms with Crippen LogP contribution in [-0.2, 0) is 11.3 Å². The highest BCUT2D eigenvalue weighted by atomic mass is 79.9. The van der Waals surface area contributed by atoms with Crippen molar-refractivity contribution in [1.82, 2.24) is 14.5 Å². The van der Waals surface area contributed by atoms with Crippen molar-refractivity contribution in [2.24, 2.45) is 16.1 Å². The molecule has 4 aromatic rings. The second-order valence-corrected chi connectivity index (χ2v) is 7.25. The minimum Gasteiger partial charge on any atom is -0.493 e. The highest BCUT2D eigenvalue weighted by Crippen LogP contribution is 2.36. The predicted octanol–water partition coefficient (Wildman–Crippen LogP) is 4.93. The molecule has 0 aliphatic rings. The van der Waals surface area contributed by atoms with Gasteiger partial charge in [-0.15, -0.1) is 10.2 Å². The lowest BCUT2D eigenvalue weighted by Crippen LogP contribution is -2.14. The number of fused-ring (bicyclic) bond motifs is 2. The van der Waals surface area contributed by atoms with Gasteiger partial charge in [0.2, 0.25) is 5.88 Å². The van der Waals surface area contributed by atoms with Crippen molar-refractivity contribution in [2.75, 3.05) is 0 Å². The Bertz CT molecular complexity index is 1180. The molecule has 0 aliphatic carbocycles. The Morgan fingerprint density at radius 2 is 2.15 bits per heavy atom. The van der Waals surface area contributed by atoms with E-state index in [2.05, 4.69) is 36.1 Å². The van der Waals surface area contributed by atoms with E-state index in [0.717, 1.165) is 21.0 Å². The normalized spacial score (nSPS) is 13.0. The largest absolute Gasteiger partial charge is 0.493 e. The van der Waals surface area contributed by atoms with Gasteiger partial charge in [-0.3, -0.25) is 4.79 Å². The fourth-order valence-corrected chi connectivity index (χ4v) is 3.32. The van der Waals surface area contributed by atoms with Crippen LogP contribution in [0.25, 0.3) is 21.9 Å². The topological polar surface area (TPSA) is 95.6 Å². The number of benzene rings is 2. The number of aromatic nitrogens is 3. The number of hydrogen-bond donors (Lipinski definition) is 2. The van der Waals surface area contributed by atoms with Gasteiger partial charge in [-0.1, -0.05) is 35.0 Å². The van der Waals surface area contributed by atoms with Crippen molar-refractivity contribution in [2.45, 2.75) is 13.5 Å². The van der Waals surface area contributed by atoms with Gasteiger partial charge >= 0.3 is 0 Å². The van der Waals surface area contributed by atoms with Gasteiger partial charge in [0.25, 0.3) is 5.91 Å². The standard InChI is InChI=1S/C19H16BrN5O2/c1-11(9-25-10-21-15-4-2-3-5-16(15)25)18(26)24-23-17-13-8-12(20)6-7-14(13)22-19(17)27/h2-8,10-11,22,27H,9H2,1H3/t11-/m0/s1. The lowest BCUT2D eigenvalue weighted by Gasteiger charge is -2.08. The number of para-hydroxylation sites is 2. The molecule has 136 valence electrons. The molecule has 1 amide bonds. The van der Waals surface area contributed by atoms with Crippen LogP contribution in [-0.4, -0.2) is 25.5 Å². The van der Waals surface area contributed by atoms with Crippen molar-refractivity contribution in [3.8, 4) is 5.88 Å². The maximum Gasteiger partial charge on any atom is 0.269 e. The Kier molecular flexibility index (Phi) is 4.49. The Labute approximate surface area is 162 Å². The number of aromatic amines is 1. The summed E-state index contributed by atoms with van der Waals surface area (Å²) in [6.07, 6.45) is 1.72. The number of imidazole rings is 1. The molecule has 2 heterocycles. The molecule has 8 heteroatoms. The minimum absolute atomic E-state index is 0.118. The van der Waals surface area contributed by atoms with Gasteiger partial charge in [-0.25, -0.2) is 4.98 Å². The molecule has 0 saturated heterocycles. The molecule has 0 radical (unpaired) electrons. The van der Waals surface area contributed by atoms with Crippen LogP contribution in [0, 0.1) is 5.92 Å². The van der Waals surface area contributed by atoms with Gasteiger partial charge in [-0.2, -0.15) is 0 Å². The molecule has 2 N–H and O–H groups in total. The number of nitrogens with zero attached hydrogens (tertiary/aromatic N) is 4. The number of nitrogens with one attached hydrogen (secondary N) is 1. The van der Waals surface area contributed by atoms with E-state index in [0.29, 0.717) is 11.9 Å². The number of carbonyl (C=O) groups is 1. The molecular formula is C19H16BrN5O2. The third-order valence-corrected chi connectivity index (χ3v) is 4.88. The van der Waals surface area contributed by atoms with Crippen LogP contribution in [0.4, 0.5) is 5.69 Å². The molecule has 27 heavy (non-hydrogen) atoms. The van der Waals surface area contributed by atoms with Crippen LogP contribution < -0.4 is 0 Å². The zero-order chi connectivity index (χ0) is 19.0. The van der Waals surface area contributed by atoms with Gasteiger partial charge < -0.3 is 14.7 Å². The van der Waals surface area contributed by atoms with Crippen LogP contribution in [0.3, 0.4) is 0 Å². The van der Waals surface area contributed by atoms with E-state index < -0.39 is 0 Å². The van der Waals surface area contributed by atoms with Gasteiger partial charge in [-0.05, 0) is 30.3 Å². The van der Waals surface area contributed by atoms with Crippen molar-refractivity contribution in [3.63, 3.8) is 0 Å². The first-order valence-electron chi connectivity index (χ1n) is 8.38.